The Kier molecular flexibility index (Phi) is 5.04. The number of hydrogen-bond acceptors (Lipinski definition) is 5. The lowest BCUT2D eigenvalue weighted by Gasteiger charge is -2.25. The van der Waals surface area contributed by atoms with E-state index in [2.05, 4.69) is 36.9 Å². The van der Waals surface area contributed by atoms with Gasteiger partial charge in [0.25, 0.3) is 0 Å². The van der Waals surface area contributed by atoms with Crippen molar-refractivity contribution in [1.29, 1.82) is 10.5 Å². The quantitative estimate of drug-likeness (QED) is 0.854. The number of nitrogens with two attached hydrogens (primary N) is 1. The molecule has 0 unspecified atom stereocenters. The summed E-state index contributed by atoms with van der Waals surface area (Å²) in [6.07, 6.45) is 0. The third-order valence-corrected chi connectivity index (χ3v) is 3.74. The molecule has 0 atom stereocenters. The monoisotopic (exact) mass is 295 g/mol. The van der Waals surface area contributed by atoms with Crippen LogP contribution in [0.3, 0.4) is 0 Å². The fraction of sp³-hybridized carbons (Fsp3) is 0.412. The van der Waals surface area contributed by atoms with Gasteiger partial charge in [-0.15, -0.1) is 0 Å². The Morgan fingerprint density at radius 2 is 1.68 bits per heavy atom. The first-order valence-electron chi connectivity index (χ1n) is 7.40. The van der Waals surface area contributed by atoms with Crippen molar-refractivity contribution in [3.63, 3.8) is 0 Å². The molecule has 1 aliphatic rings. The van der Waals surface area contributed by atoms with E-state index in [9.17, 15) is 10.5 Å². The molecule has 1 fully saturated rings. The molecule has 5 nitrogen and oxygen atoms in total. The van der Waals surface area contributed by atoms with Crippen molar-refractivity contribution in [2.75, 3.05) is 26.2 Å². The van der Waals surface area contributed by atoms with Gasteiger partial charge in [-0.3, -0.25) is 0 Å². The first kappa shape index (κ1) is 15.9. The lowest BCUT2D eigenvalue weighted by molar-refractivity contribution is 0.333. The van der Waals surface area contributed by atoms with Crippen LogP contribution in [0.5, 0.6) is 0 Å². The summed E-state index contributed by atoms with van der Waals surface area (Å²) < 4.78 is 0. The van der Waals surface area contributed by atoms with Crippen LogP contribution in [0.2, 0.25) is 0 Å². The Balaban J connectivity index is 2.32. The minimum absolute atomic E-state index is 0.162. The topological polar surface area (TPSA) is 80.1 Å². The number of allylic oxidation sites excluding steroid dienone is 1. The number of benzene rings is 1. The van der Waals surface area contributed by atoms with E-state index >= 15 is 0 Å². The van der Waals surface area contributed by atoms with Crippen molar-refractivity contribution in [2.24, 2.45) is 5.73 Å². The van der Waals surface area contributed by atoms with Gasteiger partial charge in [0, 0.05) is 32.7 Å². The predicted octanol–water partition coefficient (Wildman–Crippen LogP) is 1.64. The van der Waals surface area contributed by atoms with Gasteiger partial charge in [0.1, 0.15) is 18.0 Å². The maximum Gasteiger partial charge on any atom is 0.169 e. The van der Waals surface area contributed by atoms with Crippen LogP contribution < -0.4 is 5.73 Å². The van der Waals surface area contributed by atoms with E-state index in [1.165, 1.54) is 16.7 Å². The average molecular weight is 295 g/mol. The van der Waals surface area contributed by atoms with Crippen molar-refractivity contribution in [3.8, 4) is 12.1 Å². The van der Waals surface area contributed by atoms with E-state index in [1.54, 1.807) is 0 Å². The summed E-state index contributed by atoms with van der Waals surface area (Å²) in [6.45, 7) is 7.61. The van der Waals surface area contributed by atoms with E-state index in [0.29, 0.717) is 19.6 Å². The van der Waals surface area contributed by atoms with Gasteiger partial charge >= 0.3 is 0 Å². The minimum atomic E-state index is 0.162. The number of nitriles is 2. The molecule has 5 heteroatoms. The summed E-state index contributed by atoms with van der Waals surface area (Å²) in [5, 5.41) is 18.5. The summed E-state index contributed by atoms with van der Waals surface area (Å²) in [4.78, 5) is 4.13. The number of hydrogen-bond donors (Lipinski definition) is 1. The molecule has 114 valence electrons. The molecule has 1 aliphatic heterocycles. The molecule has 1 aromatic carbocycles. The van der Waals surface area contributed by atoms with Gasteiger partial charge in [-0.25, -0.2) is 0 Å². The van der Waals surface area contributed by atoms with Gasteiger partial charge in [0.05, 0.1) is 0 Å². The largest absolute Gasteiger partial charge is 0.354 e. The smallest absolute Gasteiger partial charge is 0.169 e. The van der Waals surface area contributed by atoms with Gasteiger partial charge in [-0.1, -0.05) is 29.3 Å². The molecular formula is C17H21N5. The highest BCUT2D eigenvalue weighted by Gasteiger charge is 2.27. The van der Waals surface area contributed by atoms with Crippen LogP contribution in [0.15, 0.2) is 29.6 Å². The molecule has 0 spiro atoms. The molecule has 0 bridgehead atoms. The molecule has 0 amide bonds. The summed E-state index contributed by atoms with van der Waals surface area (Å²) in [7, 11) is 0. The van der Waals surface area contributed by atoms with Gasteiger partial charge < -0.3 is 15.5 Å². The maximum atomic E-state index is 9.23. The van der Waals surface area contributed by atoms with Crippen molar-refractivity contribution in [1.82, 2.24) is 9.80 Å². The van der Waals surface area contributed by atoms with Crippen LogP contribution in [-0.2, 0) is 6.54 Å². The van der Waals surface area contributed by atoms with Gasteiger partial charge in [0.15, 0.2) is 5.57 Å². The molecule has 22 heavy (non-hydrogen) atoms. The van der Waals surface area contributed by atoms with Crippen LogP contribution in [0.25, 0.3) is 0 Å². The summed E-state index contributed by atoms with van der Waals surface area (Å²) in [6, 6.07) is 10.5. The molecule has 0 saturated carbocycles. The second kappa shape index (κ2) is 6.98. The van der Waals surface area contributed by atoms with Crippen LogP contribution in [-0.4, -0.2) is 36.0 Å². The summed E-state index contributed by atoms with van der Waals surface area (Å²) >= 11 is 0. The number of rotatable bonds is 4. The minimum Gasteiger partial charge on any atom is -0.354 e. The molecule has 2 N–H and O–H groups in total. The highest BCUT2D eigenvalue weighted by Crippen LogP contribution is 2.24. The highest BCUT2D eigenvalue weighted by atomic mass is 15.4. The second-order valence-corrected chi connectivity index (χ2v) is 5.62. The molecule has 0 radical (unpaired) electrons. The van der Waals surface area contributed by atoms with E-state index in [0.717, 1.165) is 18.9 Å². The van der Waals surface area contributed by atoms with Crippen LogP contribution >= 0.6 is 0 Å². The average Bonchev–Trinajstić information content (AvgIpc) is 2.83. The predicted molar refractivity (Wildman–Crippen MR) is 85.2 cm³/mol. The summed E-state index contributed by atoms with van der Waals surface area (Å²) in [5.74, 6) is 0.717. The van der Waals surface area contributed by atoms with E-state index in [4.69, 9.17) is 5.73 Å². The van der Waals surface area contributed by atoms with Gasteiger partial charge in [0.2, 0.25) is 0 Å². The molecule has 0 aliphatic carbocycles. The molecular weight excluding hydrogens is 274 g/mol. The Morgan fingerprint density at radius 1 is 1.09 bits per heavy atom. The highest BCUT2D eigenvalue weighted by molar-refractivity contribution is 5.40. The number of aryl methyl sites for hydroxylation is 2. The second-order valence-electron chi connectivity index (χ2n) is 5.62. The fourth-order valence-corrected chi connectivity index (χ4v) is 3.00. The Labute approximate surface area is 131 Å². The van der Waals surface area contributed by atoms with Crippen molar-refractivity contribution < 1.29 is 0 Å². The SMILES string of the molecule is Cc1cc(C)cc(CN2CCN(CCN)C2=C(C#N)C#N)c1. The Bertz CT molecular complexity index is 626. The standard InChI is InChI=1S/C17H21N5/c1-13-7-14(2)9-15(8-13)12-22-6-5-21(4-3-18)17(22)16(10-19)11-20/h7-9H,3-6,12,18H2,1-2H3. The van der Waals surface area contributed by atoms with E-state index < -0.39 is 0 Å². The lowest BCUT2D eigenvalue weighted by Crippen LogP contribution is -2.29. The zero-order valence-corrected chi connectivity index (χ0v) is 13.1. The van der Waals surface area contributed by atoms with Crippen LogP contribution in [0.4, 0.5) is 0 Å². The molecule has 1 aromatic rings. The Hall–Kier alpha value is -2.50. The zero-order valence-electron chi connectivity index (χ0n) is 13.1. The fourth-order valence-electron chi connectivity index (χ4n) is 3.00. The third kappa shape index (κ3) is 3.39. The molecule has 2 rings (SSSR count). The van der Waals surface area contributed by atoms with E-state index in [-0.39, 0.29) is 5.57 Å². The van der Waals surface area contributed by atoms with Crippen molar-refractivity contribution in [3.05, 3.63) is 46.3 Å². The normalized spacial score (nSPS) is 14.0. The van der Waals surface area contributed by atoms with Crippen LogP contribution in [0.1, 0.15) is 16.7 Å². The number of nitrogens with zero attached hydrogens (tertiary/aromatic N) is 4. The van der Waals surface area contributed by atoms with Crippen molar-refractivity contribution >= 4 is 0 Å². The first-order chi connectivity index (χ1) is 10.6. The van der Waals surface area contributed by atoms with Gasteiger partial charge in [-0.05, 0) is 19.4 Å². The first-order valence-corrected chi connectivity index (χ1v) is 7.40. The summed E-state index contributed by atoms with van der Waals surface area (Å²) in [5.41, 5.74) is 9.44. The van der Waals surface area contributed by atoms with Crippen LogP contribution in [0, 0.1) is 36.5 Å². The van der Waals surface area contributed by atoms with E-state index in [1.807, 2.05) is 17.0 Å². The maximum absolute atomic E-state index is 9.23. The van der Waals surface area contributed by atoms with Crippen molar-refractivity contribution in [2.45, 2.75) is 20.4 Å². The Morgan fingerprint density at radius 3 is 2.23 bits per heavy atom. The van der Waals surface area contributed by atoms with Gasteiger partial charge in [-0.2, -0.15) is 10.5 Å². The lowest BCUT2D eigenvalue weighted by atomic mass is 10.1. The third-order valence-electron chi connectivity index (χ3n) is 3.74. The zero-order chi connectivity index (χ0) is 16.1. The molecule has 0 aromatic heterocycles. The molecule has 1 saturated heterocycles. The molecule has 1 heterocycles.